The number of guanidine groups is 1. The van der Waals surface area contributed by atoms with Crippen LogP contribution in [0.4, 0.5) is 34.1 Å². The Balaban J connectivity index is 0.000000223. The monoisotopic (exact) mass is 516 g/mol. The summed E-state index contributed by atoms with van der Waals surface area (Å²) < 4.78 is 1.99. The number of nitrogens with one attached hydrogen (secondary N) is 1. The number of benzene rings is 4. The van der Waals surface area contributed by atoms with Gasteiger partial charge in [-0.1, -0.05) is 54.6 Å². The van der Waals surface area contributed by atoms with Gasteiger partial charge in [0, 0.05) is 0 Å². The molecule has 0 aliphatic carbocycles. The molecule has 38 heavy (non-hydrogen) atoms. The number of nitrogens with two attached hydrogens (primary N) is 1. The van der Waals surface area contributed by atoms with Crippen LogP contribution in [0, 0.1) is 30.3 Å². The molecule has 0 aromatic heterocycles. The molecular formula is C25H20N6O7. The molecule has 0 aliphatic rings. The van der Waals surface area contributed by atoms with E-state index in [1.165, 1.54) is 0 Å². The predicted octanol–water partition coefficient (Wildman–Crippen LogP) is 4.43. The maximum Gasteiger partial charge on any atom is 0.358 e. The maximum atomic E-state index is 11.1. The van der Waals surface area contributed by atoms with E-state index in [2.05, 4.69) is 5.32 Å². The van der Waals surface area contributed by atoms with Crippen LogP contribution in [0.25, 0.3) is 0 Å². The van der Waals surface area contributed by atoms with Crippen molar-refractivity contribution in [2.75, 3.05) is 5.32 Å². The zero-order valence-corrected chi connectivity index (χ0v) is 19.5. The van der Waals surface area contributed by atoms with Gasteiger partial charge in [-0.05, 0) is 36.4 Å². The van der Waals surface area contributed by atoms with Crippen LogP contribution in [0.5, 0.6) is 5.75 Å². The molecule has 0 spiro atoms. The van der Waals surface area contributed by atoms with Gasteiger partial charge in [0.25, 0.3) is 17.1 Å². The van der Waals surface area contributed by atoms with Gasteiger partial charge < -0.3 is 5.11 Å². The van der Waals surface area contributed by atoms with E-state index in [0.29, 0.717) is 18.1 Å². The molecule has 0 unspecified atom stereocenters. The minimum Gasteiger partial charge on any atom is -0.863 e. The van der Waals surface area contributed by atoms with Crippen molar-refractivity contribution in [2.24, 2.45) is 5.73 Å². The van der Waals surface area contributed by atoms with Crippen molar-refractivity contribution >= 4 is 40.1 Å². The van der Waals surface area contributed by atoms with Gasteiger partial charge in [-0.25, -0.2) is 5.32 Å². The molecular weight excluding hydrogens is 496 g/mol. The number of nitrogens with zero attached hydrogens (tertiary/aromatic N) is 4. The van der Waals surface area contributed by atoms with Crippen LogP contribution in [-0.2, 0) is 0 Å². The van der Waals surface area contributed by atoms with Crippen molar-refractivity contribution < 1.29 is 19.9 Å². The largest absolute Gasteiger partial charge is 0.863 e. The van der Waals surface area contributed by atoms with Crippen LogP contribution in [-0.4, -0.2) is 20.7 Å². The first-order chi connectivity index (χ1) is 18.2. The van der Waals surface area contributed by atoms with E-state index in [9.17, 15) is 35.4 Å². The Labute approximate surface area is 215 Å². The first-order valence-electron chi connectivity index (χ1n) is 10.8. The van der Waals surface area contributed by atoms with Crippen molar-refractivity contribution in [3.8, 4) is 5.75 Å². The van der Waals surface area contributed by atoms with Crippen LogP contribution < -0.4 is 20.7 Å². The van der Waals surface area contributed by atoms with E-state index >= 15 is 0 Å². The summed E-state index contributed by atoms with van der Waals surface area (Å²) in [5, 5.41) is 45.4. The lowest BCUT2D eigenvalue weighted by molar-refractivity contribution is -0.420. The van der Waals surface area contributed by atoms with Crippen LogP contribution >= 0.6 is 0 Å². The van der Waals surface area contributed by atoms with Crippen LogP contribution in [0.15, 0.2) is 103 Å². The molecule has 0 saturated heterocycles. The van der Waals surface area contributed by atoms with Gasteiger partial charge in [-0.15, -0.1) is 0 Å². The molecule has 4 aromatic rings. The Kier molecular flexibility index (Phi) is 8.60. The fourth-order valence-corrected chi connectivity index (χ4v) is 3.27. The van der Waals surface area contributed by atoms with Crippen molar-refractivity contribution in [3.63, 3.8) is 0 Å². The SMILES string of the molecule is NC(Nc1ccccc1)=[N+](c1ccccc1)c1ccccc1.O=[N+]([O-])c1cc([N+](=O)[O-])c([O-])c([N+](=O)[O-])c1. The molecule has 192 valence electrons. The molecule has 0 saturated carbocycles. The summed E-state index contributed by atoms with van der Waals surface area (Å²) in [4.78, 5) is 27.5. The topological polar surface area (TPSA) is 194 Å². The molecule has 0 aliphatic heterocycles. The van der Waals surface area contributed by atoms with Crippen LogP contribution in [0.1, 0.15) is 0 Å². The molecule has 0 amide bonds. The quantitative estimate of drug-likeness (QED) is 0.122. The molecule has 4 aromatic carbocycles. The number of para-hydroxylation sites is 3. The number of nitro groups is 3. The number of rotatable bonds is 6. The molecule has 0 heterocycles. The molecule has 0 atom stereocenters. The molecule has 3 N–H and O–H groups in total. The number of anilines is 1. The fraction of sp³-hybridized carbons (Fsp3) is 0. The minimum absolute atomic E-state index is 0.384. The Morgan fingerprint density at radius 1 is 0.605 bits per heavy atom. The van der Waals surface area contributed by atoms with Crippen molar-refractivity contribution in [1.82, 2.24) is 4.58 Å². The zero-order chi connectivity index (χ0) is 27.7. The van der Waals surface area contributed by atoms with E-state index < -0.39 is 37.6 Å². The van der Waals surface area contributed by atoms with Crippen molar-refractivity contribution in [1.29, 1.82) is 0 Å². The Morgan fingerprint density at radius 3 is 1.37 bits per heavy atom. The smallest absolute Gasteiger partial charge is 0.358 e. The number of nitro benzene ring substituents is 3. The van der Waals surface area contributed by atoms with E-state index in [-0.39, 0.29) is 0 Å². The third kappa shape index (κ3) is 6.63. The third-order valence-corrected chi connectivity index (χ3v) is 4.95. The summed E-state index contributed by atoms with van der Waals surface area (Å²) in [6.45, 7) is 0. The first kappa shape index (κ1) is 26.7. The molecule has 0 bridgehead atoms. The zero-order valence-electron chi connectivity index (χ0n) is 19.5. The normalized spacial score (nSPS) is 9.89. The van der Waals surface area contributed by atoms with Gasteiger partial charge in [-0.2, -0.15) is 4.58 Å². The molecule has 0 fully saturated rings. The van der Waals surface area contributed by atoms with E-state index in [0.717, 1.165) is 17.1 Å². The van der Waals surface area contributed by atoms with E-state index in [1.807, 2.05) is 95.6 Å². The van der Waals surface area contributed by atoms with Gasteiger partial charge >= 0.3 is 5.96 Å². The van der Waals surface area contributed by atoms with E-state index in [4.69, 9.17) is 5.73 Å². The summed E-state index contributed by atoms with van der Waals surface area (Å²) in [6, 6.07) is 30.8. The lowest BCUT2D eigenvalue weighted by Gasteiger charge is -2.11. The Bertz CT molecular complexity index is 1400. The first-order valence-corrected chi connectivity index (χ1v) is 10.8. The minimum atomic E-state index is -1.46. The third-order valence-electron chi connectivity index (χ3n) is 4.95. The van der Waals surface area contributed by atoms with Gasteiger partial charge in [0.1, 0.15) is 11.4 Å². The number of hydrogen-bond acceptors (Lipinski definition) is 7. The lowest BCUT2D eigenvalue weighted by atomic mass is 10.2. The Morgan fingerprint density at radius 2 is 1.00 bits per heavy atom. The summed E-state index contributed by atoms with van der Waals surface area (Å²) >= 11 is 0. The number of non-ortho nitro benzene ring substituents is 1. The average Bonchev–Trinajstić information content (AvgIpc) is 2.90. The van der Waals surface area contributed by atoms with Crippen LogP contribution in [0.3, 0.4) is 0 Å². The highest BCUT2D eigenvalue weighted by Crippen LogP contribution is 2.36. The van der Waals surface area contributed by atoms with Gasteiger partial charge in [0.2, 0.25) is 0 Å². The second-order valence-electron chi connectivity index (χ2n) is 7.47. The highest BCUT2D eigenvalue weighted by Gasteiger charge is 2.24. The summed E-state index contributed by atoms with van der Waals surface area (Å²) in [6.07, 6.45) is 0. The molecule has 4 rings (SSSR count). The summed E-state index contributed by atoms with van der Waals surface area (Å²) in [7, 11) is 0. The van der Waals surface area contributed by atoms with Gasteiger partial charge in [0.05, 0.1) is 38.3 Å². The Hall–Kier alpha value is -5.85. The molecule has 13 nitrogen and oxygen atoms in total. The summed E-state index contributed by atoms with van der Waals surface area (Å²) in [5.41, 5.74) is 6.05. The van der Waals surface area contributed by atoms with E-state index in [1.54, 1.807) is 0 Å². The second-order valence-corrected chi connectivity index (χ2v) is 7.47. The van der Waals surface area contributed by atoms with Crippen LogP contribution in [0.2, 0.25) is 0 Å². The standard InChI is InChI=1S/C19H17N3.C6H3N3O7/c20-19(21-16-10-4-1-5-11-16)22(17-12-6-2-7-13-17)18-14-8-3-9-15-18;10-6-4(8(13)14)1-3(7(11)12)2-5(6)9(15)16/h1-15H,(H2,20,21);1-2,10H. The maximum absolute atomic E-state index is 11.1. The molecule has 0 radical (unpaired) electrons. The molecule has 13 heteroatoms. The van der Waals surface area contributed by atoms with Gasteiger partial charge in [-0.3, -0.25) is 36.1 Å². The average molecular weight is 516 g/mol. The van der Waals surface area contributed by atoms with Crippen molar-refractivity contribution in [2.45, 2.75) is 0 Å². The highest BCUT2D eigenvalue weighted by atomic mass is 16.6. The second kappa shape index (κ2) is 12.2. The van der Waals surface area contributed by atoms with Gasteiger partial charge in [0.15, 0.2) is 0 Å². The number of hydrogen-bond donors (Lipinski definition) is 2. The predicted molar refractivity (Wildman–Crippen MR) is 139 cm³/mol. The summed E-state index contributed by atoms with van der Waals surface area (Å²) in [5.74, 6) is -0.899. The fourth-order valence-electron chi connectivity index (χ4n) is 3.27. The highest BCUT2D eigenvalue weighted by molar-refractivity contribution is 5.96. The lowest BCUT2D eigenvalue weighted by Crippen LogP contribution is -2.33. The van der Waals surface area contributed by atoms with Crippen molar-refractivity contribution in [3.05, 3.63) is 133 Å².